The fourth-order valence-corrected chi connectivity index (χ4v) is 3.35. The predicted molar refractivity (Wildman–Crippen MR) is 94.7 cm³/mol. The van der Waals surface area contributed by atoms with E-state index in [4.69, 9.17) is 0 Å². The van der Waals surface area contributed by atoms with Crippen molar-refractivity contribution in [3.63, 3.8) is 0 Å². The highest BCUT2D eigenvalue weighted by atomic mass is 16.2. The predicted octanol–water partition coefficient (Wildman–Crippen LogP) is 2.33. The normalized spacial score (nSPS) is 13.7. The first-order chi connectivity index (χ1) is 12.2. The van der Waals surface area contributed by atoms with Gasteiger partial charge in [-0.3, -0.25) is 14.6 Å². The van der Waals surface area contributed by atoms with Crippen molar-refractivity contribution in [2.75, 3.05) is 6.54 Å². The lowest BCUT2D eigenvalue weighted by molar-refractivity contribution is -0.132. The van der Waals surface area contributed by atoms with Crippen LogP contribution in [0.25, 0.3) is 11.3 Å². The molecule has 0 atom stereocenters. The molecule has 6 heteroatoms. The minimum Gasteiger partial charge on any atom is -0.338 e. The molecule has 2 aromatic heterocycles. The van der Waals surface area contributed by atoms with Crippen LogP contribution in [0, 0.1) is 0 Å². The van der Waals surface area contributed by atoms with E-state index in [0.717, 1.165) is 47.5 Å². The Hall–Kier alpha value is -2.89. The summed E-state index contributed by atoms with van der Waals surface area (Å²) in [5.74, 6) is 0.190. The van der Waals surface area contributed by atoms with Gasteiger partial charge >= 0.3 is 0 Å². The first kappa shape index (κ1) is 15.6. The molecule has 1 N–H and O–H groups in total. The molecule has 1 aliphatic rings. The van der Waals surface area contributed by atoms with Crippen LogP contribution < -0.4 is 0 Å². The van der Waals surface area contributed by atoms with Crippen LogP contribution in [0.15, 0.2) is 42.7 Å². The first-order valence-electron chi connectivity index (χ1n) is 8.57. The van der Waals surface area contributed by atoms with Gasteiger partial charge in [0.2, 0.25) is 5.91 Å². The van der Waals surface area contributed by atoms with Gasteiger partial charge in [0.25, 0.3) is 0 Å². The Kier molecular flexibility index (Phi) is 4.09. The number of aromatic amines is 1. The molecule has 1 aliphatic heterocycles. The molecule has 0 radical (unpaired) electrons. The van der Waals surface area contributed by atoms with Crippen molar-refractivity contribution in [1.82, 2.24) is 24.9 Å². The molecular formula is C19H21N5O. The van der Waals surface area contributed by atoms with Crippen molar-refractivity contribution in [1.29, 1.82) is 0 Å². The highest BCUT2D eigenvalue weighted by Crippen LogP contribution is 2.28. The molecule has 25 heavy (non-hydrogen) atoms. The molecule has 4 rings (SSSR count). The minimum atomic E-state index is 0.190. The Morgan fingerprint density at radius 3 is 2.88 bits per heavy atom. The van der Waals surface area contributed by atoms with Gasteiger partial charge in [-0.15, -0.1) is 0 Å². The minimum absolute atomic E-state index is 0.190. The Balaban J connectivity index is 1.47. The monoisotopic (exact) mass is 335 g/mol. The number of hydrogen-bond donors (Lipinski definition) is 1. The van der Waals surface area contributed by atoms with Crippen LogP contribution >= 0.6 is 0 Å². The summed E-state index contributed by atoms with van der Waals surface area (Å²) in [4.78, 5) is 14.6. The Bertz CT molecular complexity index is 880. The van der Waals surface area contributed by atoms with Crippen LogP contribution in [-0.4, -0.2) is 37.3 Å². The smallest absolute Gasteiger partial charge is 0.223 e. The third-order valence-electron chi connectivity index (χ3n) is 4.72. The van der Waals surface area contributed by atoms with Gasteiger partial charge in [0.1, 0.15) is 0 Å². The fourth-order valence-electron chi connectivity index (χ4n) is 3.35. The van der Waals surface area contributed by atoms with Gasteiger partial charge in [-0.2, -0.15) is 10.2 Å². The molecule has 3 aromatic rings. The van der Waals surface area contributed by atoms with Crippen molar-refractivity contribution in [3.05, 3.63) is 59.5 Å². The van der Waals surface area contributed by atoms with Gasteiger partial charge in [-0.1, -0.05) is 30.3 Å². The zero-order valence-corrected chi connectivity index (χ0v) is 14.3. The van der Waals surface area contributed by atoms with E-state index in [9.17, 15) is 4.79 Å². The van der Waals surface area contributed by atoms with Gasteiger partial charge in [0, 0.05) is 56.0 Å². The van der Waals surface area contributed by atoms with E-state index in [1.165, 1.54) is 0 Å². The molecule has 128 valence electrons. The summed E-state index contributed by atoms with van der Waals surface area (Å²) in [5.41, 5.74) is 5.44. The van der Waals surface area contributed by atoms with E-state index in [-0.39, 0.29) is 5.91 Å². The number of nitrogens with zero attached hydrogens (tertiary/aromatic N) is 4. The largest absolute Gasteiger partial charge is 0.338 e. The third-order valence-corrected chi connectivity index (χ3v) is 4.72. The van der Waals surface area contributed by atoms with Gasteiger partial charge in [0.05, 0.1) is 11.9 Å². The van der Waals surface area contributed by atoms with Gasteiger partial charge in [-0.05, 0) is 12.0 Å². The van der Waals surface area contributed by atoms with Gasteiger partial charge in [0.15, 0.2) is 0 Å². The SMILES string of the molecule is Cn1cc(CCC(=O)N2CCc3[nH]nc(-c4ccccc4)c3C2)cn1. The summed E-state index contributed by atoms with van der Waals surface area (Å²) in [7, 11) is 1.89. The highest BCUT2D eigenvalue weighted by Gasteiger charge is 2.25. The van der Waals surface area contributed by atoms with Gasteiger partial charge in [-0.25, -0.2) is 0 Å². The number of benzene rings is 1. The summed E-state index contributed by atoms with van der Waals surface area (Å²) in [6.07, 6.45) is 5.86. The molecule has 0 spiro atoms. The zero-order valence-electron chi connectivity index (χ0n) is 14.3. The number of amides is 1. The summed E-state index contributed by atoms with van der Waals surface area (Å²) < 4.78 is 1.77. The molecule has 1 aromatic carbocycles. The summed E-state index contributed by atoms with van der Waals surface area (Å²) in [6.45, 7) is 1.37. The molecule has 0 fully saturated rings. The summed E-state index contributed by atoms with van der Waals surface area (Å²) in [5, 5.41) is 11.8. The van der Waals surface area contributed by atoms with E-state index < -0.39 is 0 Å². The fraction of sp³-hybridized carbons (Fsp3) is 0.316. The van der Waals surface area contributed by atoms with Crippen molar-refractivity contribution in [3.8, 4) is 11.3 Å². The zero-order chi connectivity index (χ0) is 17.2. The number of aromatic nitrogens is 4. The lowest BCUT2D eigenvalue weighted by Gasteiger charge is -2.27. The Morgan fingerprint density at radius 1 is 1.28 bits per heavy atom. The highest BCUT2D eigenvalue weighted by molar-refractivity contribution is 5.77. The number of H-pyrrole nitrogens is 1. The lowest BCUT2D eigenvalue weighted by atomic mass is 10.0. The maximum atomic E-state index is 12.6. The van der Waals surface area contributed by atoms with Crippen LogP contribution in [0.4, 0.5) is 0 Å². The van der Waals surface area contributed by atoms with Crippen LogP contribution in [0.1, 0.15) is 23.2 Å². The molecule has 0 saturated carbocycles. The number of rotatable bonds is 4. The number of hydrogen-bond acceptors (Lipinski definition) is 3. The second-order valence-electron chi connectivity index (χ2n) is 6.48. The molecular weight excluding hydrogens is 314 g/mol. The Morgan fingerprint density at radius 2 is 2.12 bits per heavy atom. The second-order valence-corrected chi connectivity index (χ2v) is 6.48. The van der Waals surface area contributed by atoms with E-state index >= 15 is 0 Å². The maximum Gasteiger partial charge on any atom is 0.223 e. The summed E-state index contributed by atoms with van der Waals surface area (Å²) >= 11 is 0. The topological polar surface area (TPSA) is 66.8 Å². The van der Waals surface area contributed by atoms with Crippen molar-refractivity contribution < 1.29 is 4.79 Å². The molecule has 0 aliphatic carbocycles. The van der Waals surface area contributed by atoms with E-state index in [1.807, 2.05) is 42.5 Å². The lowest BCUT2D eigenvalue weighted by Crippen LogP contribution is -2.36. The Labute approximate surface area is 146 Å². The van der Waals surface area contributed by atoms with Crippen molar-refractivity contribution in [2.24, 2.45) is 7.05 Å². The third kappa shape index (κ3) is 3.20. The first-order valence-corrected chi connectivity index (χ1v) is 8.57. The molecule has 1 amide bonds. The second kappa shape index (κ2) is 6.55. The van der Waals surface area contributed by atoms with E-state index in [2.05, 4.69) is 27.4 Å². The molecule has 0 bridgehead atoms. The molecule has 0 saturated heterocycles. The van der Waals surface area contributed by atoms with Crippen molar-refractivity contribution >= 4 is 5.91 Å². The number of fused-ring (bicyclic) bond motifs is 1. The number of carbonyl (C=O) groups is 1. The van der Waals surface area contributed by atoms with Crippen LogP contribution in [0.5, 0.6) is 0 Å². The number of carbonyl (C=O) groups excluding carboxylic acids is 1. The van der Waals surface area contributed by atoms with Crippen molar-refractivity contribution in [2.45, 2.75) is 25.8 Å². The maximum absolute atomic E-state index is 12.6. The molecule has 6 nitrogen and oxygen atoms in total. The van der Waals surface area contributed by atoms with E-state index in [0.29, 0.717) is 13.0 Å². The quantitative estimate of drug-likeness (QED) is 0.796. The molecule has 0 unspecified atom stereocenters. The number of nitrogens with one attached hydrogen (secondary N) is 1. The van der Waals surface area contributed by atoms with Gasteiger partial charge < -0.3 is 4.90 Å². The average Bonchev–Trinajstić information content (AvgIpc) is 3.26. The van der Waals surface area contributed by atoms with E-state index in [1.54, 1.807) is 4.68 Å². The van der Waals surface area contributed by atoms with Crippen LogP contribution in [-0.2, 0) is 31.2 Å². The standard InChI is InChI=1S/C19H21N5O/c1-23-12-14(11-20-23)7-8-18(25)24-10-9-17-16(13-24)19(22-21-17)15-5-3-2-4-6-15/h2-6,11-12H,7-10,13H2,1H3,(H,21,22). The summed E-state index contributed by atoms with van der Waals surface area (Å²) in [6, 6.07) is 10.1. The number of aryl methyl sites for hydroxylation is 2. The molecule has 3 heterocycles. The van der Waals surface area contributed by atoms with Crippen LogP contribution in [0.2, 0.25) is 0 Å². The average molecular weight is 335 g/mol. The van der Waals surface area contributed by atoms with Crippen LogP contribution in [0.3, 0.4) is 0 Å².